The van der Waals surface area contributed by atoms with Crippen LogP contribution in [0.4, 0.5) is 5.82 Å². The lowest BCUT2D eigenvalue weighted by Crippen LogP contribution is -2.37. The average molecular weight is 240 g/mol. The first-order valence-corrected chi connectivity index (χ1v) is 5.27. The zero-order valence-electron chi connectivity index (χ0n) is 9.64. The van der Waals surface area contributed by atoms with Crippen LogP contribution in [0, 0.1) is 0 Å². The van der Waals surface area contributed by atoms with Gasteiger partial charge in [-0.2, -0.15) is 5.10 Å². The maximum Gasteiger partial charge on any atom is 0.161 e. The average Bonchev–Trinajstić information content (AvgIpc) is 2.15. The van der Waals surface area contributed by atoms with Crippen molar-refractivity contribution in [2.75, 3.05) is 18.5 Å². The molecule has 3 N–H and O–H groups in total. The smallest absolute Gasteiger partial charge is 0.161 e. The molecule has 88 valence electrons. The molecule has 0 atom stereocenters. The number of nitrogens with two attached hydrogens (primary N) is 1. The summed E-state index contributed by atoms with van der Waals surface area (Å²) in [6.07, 6.45) is 1.54. The van der Waals surface area contributed by atoms with Crippen molar-refractivity contribution >= 4 is 23.0 Å². The minimum atomic E-state index is -0.820. The van der Waals surface area contributed by atoms with E-state index in [1.54, 1.807) is 24.8 Å². The zero-order chi connectivity index (χ0) is 12.3. The molecule has 1 heterocycles. The van der Waals surface area contributed by atoms with Gasteiger partial charge in [-0.3, -0.25) is 0 Å². The zero-order valence-corrected chi connectivity index (χ0v) is 10.5. The molecule has 6 heteroatoms. The first-order chi connectivity index (χ1) is 7.31. The Balaban J connectivity index is 2.99. The third kappa shape index (κ3) is 3.39. The Morgan fingerprint density at radius 1 is 1.62 bits per heavy atom. The number of hydrogen-bond acceptors (Lipinski definition) is 5. The molecule has 0 aliphatic heterocycles. The van der Waals surface area contributed by atoms with Gasteiger partial charge in [0.15, 0.2) is 5.82 Å². The van der Waals surface area contributed by atoms with Crippen LogP contribution in [0.25, 0.3) is 0 Å². The van der Waals surface area contributed by atoms with Crippen molar-refractivity contribution < 1.29 is 5.11 Å². The topological polar surface area (TPSA) is 75.3 Å². The molecule has 0 aliphatic rings. The second kappa shape index (κ2) is 4.71. The summed E-state index contributed by atoms with van der Waals surface area (Å²) in [5, 5.41) is 17.5. The minimum Gasteiger partial charge on any atom is -0.389 e. The van der Waals surface area contributed by atoms with Gasteiger partial charge in [0.2, 0.25) is 0 Å². The van der Waals surface area contributed by atoms with Crippen LogP contribution < -0.4 is 10.6 Å². The van der Waals surface area contributed by atoms with E-state index in [0.717, 1.165) is 0 Å². The van der Waals surface area contributed by atoms with E-state index >= 15 is 0 Å². The van der Waals surface area contributed by atoms with E-state index in [1.165, 1.54) is 6.20 Å². The van der Waals surface area contributed by atoms with Crippen LogP contribution in [0.5, 0.6) is 0 Å². The molecular weight excluding hydrogens is 224 g/mol. The first-order valence-electron chi connectivity index (χ1n) is 4.86. The third-order valence-electron chi connectivity index (χ3n) is 1.95. The van der Waals surface area contributed by atoms with Crippen molar-refractivity contribution in [3.05, 3.63) is 17.8 Å². The fourth-order valence-electron chi connectivity index (χ4n) is 1.45. The van der Waals surface area contributed by atoms with Crippen molar-refractivity contribution in [1.29, 1.82) is 0 Å². The minimum absolute atomic E-state index is 0.271. The van der Waals surface area contributed by atoms with Gasteiger partial charge in [-0.05, 0) is 19.9 Å². The molecule has 0 fully saturated rings. The Kier molecular flexibility index (Phi) is 3.77. The maximum absolute atomic E-state index is 9.72. The summed E-state index contributed by atoms with van der Waals surface area (Å²) in [6.45, 7) is 3.86. The van der Waals surface area contributed by atoms with Crippen molar-refractivity contribution in [2.24, 2.45) is 5.73 Å². The van der Waals surface area contributed by atoms with E-state index in [2.05, 4.69) is 10.2 Å². The van der Waals surface area contributed by atoms with E-state index in [1.807, 2.05) is 7.05 Å². The predicted octanol–water partition coefficient (Wildman–Crippen LogP) is 0.318. The molecule has 0 aliphatic carbocycles. The van der Waals surface area contributed by atoms with Gasteiger partial charge in [0.25, 0.3) is 0 Å². The number of hydrogen-bond donors (Lipinski definition) is 2. The molecule has 1 aromatic heterocycles. The summed E-state index contributed by atoms with van der Waals surface area (Å²) in [4.78, 5) is 2.05. The Bertz CT molecular complexity index is 389. The highest BCUT2D eigenvalue weighted by Crippen LogP contribution is 2.16. The highest BCUT2D eigenvalue weighted by molar-refractivity contribution is 7.80. The highest BCUT2D eigenvalue weighted by atomic mass is 32.1. The Morgan fingerprint density at radius 2 is 2.25 bits per heavy atom. The second-order valence-electron chi connectivity index (χ2n) is 4.30. The lowest BCUT2D eigenvalue weighted by atomic mass is 10.1. The van der Waals surface area contributed by atoms with E-state index in [4.69, 9.17) is 18.0 Å². The number of aliphatic hydroxyl groups is 1. The number of anilines is 1. The van der Waals surface area contributed by atoms with Gasteiger partial charge in [-0.25, -0.2) is 0 Å². The maximum atomic E-state index is 9.72. The number of rotatable bonds is 4. The summed E-state index contributed by atoms with van der Waals surface area (Å²) in [5.74, 6) is 0.581. The van der Waals surface area contributed by atoms with Crippen LogP contribution in [0.3, 0.4) is 0 Å². The van der Waals surface area contributed by atoms with Crippen LogP contribution in [0.2, 0.25) is 0 Å². The SMILES string of the molecule is CN(CC(C)(C)O)c1nnccc1C(N)=S. The molecule has 0 amide bonds. The number of aromatic nitrogens is 2. The highest BCUT2D eigenvalue weighted by Gasteiger charge is 2.19. The molecule has 0 aromatic carbocycles. The summed E-state index contributed by atoms with van der Waals surface area (Å²) in [7, 11) is 1.81. The van der Waals surface area contributed by atoms with Gasteiger partial charge in [0.1, 0.15) is 4.99 Å². The first kappa shape index (κ1) is 12.8. The van der Waals surface area contributed by atoms with Crippen molar-refractivity contribution in [1.82, 2.24) is 10.2 Å². The van der Waals surface area contributed by atoms with E-state index in [0.29, 0.717) is 17.9 Å². The van der Waals surface area contributed by atoms with Crippen LogP contribution in [0.15, 0.2) is 12.3 Å². The molecule has 0 bridgehead atoms. The molecule has 0 unspecified atom stereocenters. The van der Waals surface area contributed by atoms with Gasteiger partial charge in [0, 0.05) is 13.6 Å². The number of likely N-dealkylation sites (N-methyl/N-ethyl adjacent to an activating group) is 1. The van der Waals surface area contributed by atoms with E-state index in [-0.39, 0.29) is 4.99 Å². The van der Waals surface area contributed by atoms with Crippen molar-refractivity contribution in [3.63, 3.8) is 0 Å². The molecule has 1 aromatic rings. The van der Waals surface area contributed by atoms with Crippen LogP contribution in [-0.4, -0.2) is 39.5 Å². The number of nitrogens with zero attached hydrogens (tertiary/aromatic N) is 3. The molecule has 0 spiro atoms. The van der Waals surface area contributed by atoms with Gasteiger partial charge in [-0.1, -0.05) is 12.2 Å². The molecule has 5 nitrogen and oxygen atoms in total. The summed E-state index contributed by atoms with van der Waals surface area (Å²) in [6, 6.07) is 1.71. The Labute approximate surface area is 100 Å². The van der Waals surface area contributed by atoms with Gasteiger partial charge >= 0.3 is 0 Å². The van der Waals surface area contributed by atoms with Crippen molar-refractivity contribution in [3.8, 4) is 0 Å². The summed E-state index contributed by atoms with van der Waals surface area (Å²) >= 11 is 4.93. The van der Waals surface area contributed by atoms with Gasteiger partial charge in [-0.15, -0.1) is 5.10 Å². The Hall–Kier alpha value is -1.27. The lowest BCUT2D eigenvalue weighted by molar-refractivity contribution is 0.0884. The Morgan fingerprint density at radius 3 is 2.75 bits per heavy atom. The molecular formula is C10H16N4OS. The molecule has 0 radical (unpaired) electrons. The van der Waals surface area contributed by atoms with E-state index in [9.17, 15) is 5.11 Å². The summed E-state index contributed by atoms with van der Waals surface area (Å²) in [5.41, 5.74) is 5.43. The molecule has 0 saturated heterocycles. The van der Waals surface area contributed by atoms with Crippen LogP contribution in [-0.2, 0) is 0 Å². The summed E-state index contributed by atoms with van der Waals surface area (Å²) < 4.78 is 0. The predicted molar refractivity (Wildman–Crippen MR) is 67.5 cm³/mol. The fourth-order valence-corrected chi connectivity index (χ4v) is 1.61. The standard InChI is InChI=1S/C10H16N4OS/c1-10(2,15)6-14(3)9-7(8(11)16)4-5-12-13-9/h4-5,15H,6H2,1-3H3,(H2,11,16). The fraction of sp³-hybridized carbons (Fsp3) is 0.500. The van der Waals surface area contributed by atoms with Crippen LogP contribution >= 0.6 is 12.2 Å². The van der Waals surface area contributed by atoms with E-state index < -0.39 is 5.60 Å². The quantitative estimate of drug-likeness (QED) is 0.738. The van der Waals surface area contributed by atoms with Crippen molar-refractivity contribution in [2.45, 2.75) is 19.4 Å². The number of thiocarbonyl (C=S) groups is 1. The van der Waals surface area contributed by atoms with Gasteiger partial charge < -0.3 is 15.7 Å². The van der Waals surface area contributed by atoms with Gasteiger partial charge in [0.05, 0.1) is 17.4 Å². The molecule has 0 saturated carbocycles. The second-order valence-corrected chi connectivity index (χ2v) is 4.74. The normalized spacial score (nSPS) is 11.2. The third-order valence-corrected chi connectivity index (χ3v) is 2.17. The monoisotopic (exact) mass is 240 g/mol. The molecule has 16 heavy (non-hydrogen) atoms. The largest absolute Gasteiger partial charge is 0.389 e. The lowest BCUT2D eigenvalue weighted by Gasteiger charge is -2.27. The van der Waals surface area contributed by atoms with Crippen LogP contribution in [0.1, 0.15) is 19.4 Å². The molecule has 1 rings (SSSR count).